The van der Waals surface area contributed by atoms with Crippen LogP contribution in [0.25, 0.3) is 22.2 Å². The largest absolute Gasteiger partial charge is 0.494 e. The summed E-state index contributed by atoms with van der Waals surface area (Å²) >= 11 is 0. The van der Waals surface area contributed by atoms with Gasteiger partial charge in [0.15, 0.2) is 0 Å². The zero-order valence-corrected chi connectivity index (χ0v) is 18.8. The fourth-order valence-corrected chi connectivity index (χ4v) is 4.12. The summed E-state index contributed by atoms with van der Waals surface area (Å²) in [7, 11) is 0. The number of nitriles is 1. The molecule has 2 aromatic carbocycles. The standard InChI is InChI=1S/C27H31N3O2/c1-2-16-31-23-10-8-22(9-11-23)26-19-27(24-18-21(20-28)7-12-25(24)29-26)32-17-15-30-13-5-3-4-6-14-30/h7-12,18-19H,2-6,13-17H2,1H3. The first-order valence-electron chi connectivity index (χ1n) is 11.7. The molecule has 0 spiro atoms. The molecule has 0 unspecified atom stereocenters. The van der Waals surface area contributed by atoms with Crippen molar-refractivity contribution in [1.82, 2.24) is 9.88 Å². The summed E-state index contributed by atoms with van der Waals surface area (Å²) in [6.07, 6.45) is 6.18. The average Bonchev–Trinajstić information content (AvgIpc) is 3.11. The lowest BCUT2D eigenvalue weighted by atomic mass is 10.1. The fourth-order valence-electron chi connectivity index (χ4n) is 4.12. The normalized spacial score (nSPS) is 14.6. The number of hydrogen-bond donors (Lipinski definition) is 0. The van der Waals surface area contributed by atoms with Gasteiger partial charge in [-0.3, -0.25) is 4.90 Å². The van der Waals surface area contributed by atoms with Gasteiger partial charge < -0.3 is 9.47 Å². The van der Waals surface area contributed by atoms with Crippen LogP contribution in [0.5, 0.6) is 11.5 Å². The van der Waals surface area contributed by atoms with Crippen molar-refractivity contribution in [1.29, 1.82) is 5.26 Å². The molecule has 3 aromatic rings. The molecular formula is C27H31N3O2. The summed E-state index contributed by atoms with van der Waals surface area (Å²) < 4.78 is 12.0. The van der Waals surface area contributed by atoms with Gasteiger partial charge in [-0.25, -0.2) is 4.98 Å². The summed E-state index contributed by atoms with van der Waals surface area (Å²) in [6, 6.07) is 17.8. The van der Waals surface area contributed by atoms with E-state index in [1.54, 1.807) is 0 Å². The fraction of sp³-hybridized carbons (Fsp3) is 0.407. The van der Waals surface area contributed by atoms with E-state index in [1.807, 2.05) is 48.5 Å². The van der Waals surface area contributed by atoms with Crippen LogP contribution in [0.15, 0.2) is 48.5 Å². The quantitative estimate of drug-likeness (QED) is 0.452. The van der Waals surface area contributed by atoms with Crippen LogP contribution < -0.4 is 9.47 Å². The van der Waals surface area contributed by atoms with Crippen molar-refractivity contribution in [2.24, 2.45) is 0 Å². The van der Waals surface area contributed by atoms with Crippen LogP contribution in [0, 0.1) is 11.3 Å². The first-order chi connectivity index (χ1) is 15.8. The van der Waals surface area contributed by atoms with E-state index in [4.69, 9.17) is 14.5 Å². The molecule has 0 bridgehead atoms. The first-order valence-corrected chi connectivity index (χ1v) is 11.7. The maximum atomic E-state index is 9.35. The van der Waals surface area contributed by atoms with E-state index in [1.165, 1.54) is 25.7 Å². The van der Waals surface area contributed by atoms with Crippen molar-refractivity contribution < 1.29 is 9.47 Å². The topological polar surface area (TPSA) is 58.4 Å². The number of hydrogen-bond acceptors (Lipinski definition) is 5. The summed E-state index contributed by atoms with van der Waals surface area (Å²) in [5, 5.41) is 10.2. The van der Waals surface area contributed by atoms with Crippen molar-refractivity contribution >= 4 is 10.9 Å². The number of nitrogens with zero attached hydrogens (tertiary/aromatic N) is 3. The predicted octanol–water partition coefficient (Wildman–Crippen LogP) is 5.82. The van der Waals surface area contributed by atoms with Gasteiger partial charge in [0.1, 0.15) is 18.1 Å². The smallest absolute Gasteiger partial charge is 0.130 e. The second-order valence-electron chi connectivity index (χ2n) is 8.33. The Morgan fingerprint density at radius 3 is 2.44 bits per heavy atom. The summed E-state index contributed by atoms with van der Waals surface area (Å²) in [4.78, 5) is 7.34. The number of ether oxygens (including phenoxy) is 2. The Kier molecular flexibility index (Phi) is 7.58. The number of aromatic nitrogens is 1. The van der Waals surface area contributed by atoms with Crippen LogP contribution in [0.2, 0.25) is 0 Å². The average molecular weight is 430 g/mol. The lowest BCUT2D eigenvalue weighted by molar-refractivity contribution is 0.215. The summed E-state index contributed by atoms with van der Waals surface area (Å²) in [5.74, 6) is 1.65. The zero-order chi connectivity index (χ0) is 22.2. The Hall–Kier alpha value is -3.10. The number of fused-ring (bicyclic) bond motifs is 1. The highest BCUT2D eigenvalue weighted by Gasteiger charge is 2.12. The van der Waals surface area contributed by atoms with E-state index in [2.05, 4.69) is 17.9 Å². The van der Waals surface area contributed by atoms with Gasteiger partial charge >= 0.3 is 0 Å². The molecule has 0 N–H and O–H groups in total. The molecule has 32 heavy (non-hydrogen) atoms. The second-order valence-corrected chi connectivity index (χ2v) is 8.33. The Labute approximate surface area is 190 Å². The molecule has 2 heterocycles. The second kappa shape index (κ2) is 11.0. The lowest BCUT2D eigenvalue weighted by Gasteiger charge is -2.20. The molecule has 0 aliphatic carbocycles. The van der Waals surface area contributed by atoms with Gasteiger partial charge in [-0.05, 0) is 74.8 Å². The van der Waals surface area contributed by atoms with Gasteiger partial charge in [0.05, 0.1) is 29.5 Å². The number of rotatable bonds is 8. The van der Waals surface area contributed by atoms with Crippen LogP contribution in [-0.4, -0.2) is 42.7 Å². The third kappa shape index (κ3) is 5.57. The van der Waals surface area contributed by atoms with Crippen molar-refractivity contribution in [2.75, 3.05) is 32.8 Å². The molecular weight excluding hydrogens is 398 g/mol. The molecule has 0 saturated carbocycles. The van der Waals surface area contributed by atoms with E-state index >= 15 is 0 Å². The minimum absolute atomic E-state index is 0.613. The molecule has 4 rings (SSSR count). The first kappa shape index (κ1) is 22.1. The molecule has 166 valence electrons. The molecule has 1 aromatic heterocycles. The van der Waals surface area contributed by atoms with E-state index < -0.39 is 0 Å². The lowest BCUT2D eigenvalue weighted by Crippen LogP contribution is -2.29. The van der Waals surface area contributed by atoms with Crippen LogP contribution in [-0.2, 0) is 0 Å². The molecule has 1 fully saturated rings. The van der Waals surface area contributed by atoms with Crippen LogP contribution >= 0.6 is 0 Å². The predicted molar refractivity (Wildman–Crippen MR) is 128 cm³/mol. The molecule has 1 saturated heterocycles. The Morgan fingerprint density at radius 2 is 1.72 bits per heavy atom. The number of benzene rings is 2. The molecule has 5 heteroatoms. The highest BCUT2D eigenvalue weighted by atomic mass is 16.5. The minimum Gasteiger partial charge on any atom is -0.494 e. The van der Waals surface area contributed by atoms with E-state index in [0.29, 0.717) is 18.8 Å². The highest BCUT2D eigenvalue weighted by molar-refractivity contribution is 5.89. The van der Waals surface area contributed by atoms with E-state index in [9.17, 15) is 5.26 Å². The van der Waals surface area contributed by atoms with Crippen molar-refractivity contribution in [2.45, 2.75) is 39.0 Å². The molecule has 0 atom stereocenters. The summed E-state index contributed by atoms with van der Waals surface area (Å²) in [5.41, 5.74) is 3.31. The van der Waals surface area contributed by atoms with Crippen LogP contribution in [0.3, 0.4) is 0 Å². The van der Waals surface area contributed by atoms with E-state index in [-0.39, 0.29) is 0 Å². The molecule has 5 nitrogen and oxygen atoms in total. The third-order valence-corrected chi connectivity index (χ3v) is 5.89. The molecule has 1 aliphatic rings. The van der Waals surface area contributed by atoms with Gasteiger partial charge in [-0.15, -0.1) is 0 Å². The van der Waals surface area contributed by atoms with Crippen molar-refractivity contribution in [3.05, 3.63) is 54.1 Å². The Morgan fingerprint density at radius 1 is 0.938 bits per heavy atom. The minimum atomic E-state index is 0.613. The van der Waals surface area contributed by atoms with Gasteiger partial charge in [0.2, 0.25) is 0 Å². The van der Waals surface area contributed by atoms with Gasteiger partial charge in [0.25, 0.3) is 0 Å². The number of likely N-dealkylation sites (tertiary alicyclic amines) is 1. The molecule has 0 amide bonds. The maximum Gasteiger partial charge on any atom is 0.130 e. The van der Waals surface area contributed by atoms with Gasteiger partial charge in [0, 0.05) is 23.6 Å². The maximum absolute atomic E-state index is 9.35. The third-order valence-electron chi connectivity index (χ3n) is 5.89. The SMILES string of the molecule is CCCOc1ccc(-c2cc(OCCN3CCCCCC3)c3cc(C#N)ccc3n2)cc1. The molecule has 1 aliphatic heterocycles. The monoisotopic (exact) mass is 429 g/mol. The van der Waals surface area contributed by atoms with Crippen molar-refractivity contribution in [3.63, 3.8) is 0 Å². The van der Waals surface area contributed by atoms with Crippen molar-refractivity contribution in [3.8, 4) is 28.8 Å². The van der Waals surface area contributed by atoms with Crippen LogP contribution in [0.4, 0.5) is 0 Å². The van der Waals surface area contributed by atoms with Gasteiger partial charge in [-0.1, -0.05) is 19.8 Å². The zero-order valence-electron chi connectivity index (χ0n) is 18.8. The number of pyridine rings is 1. The van der Waals surface area contributed by atoms with E-state index in [0.717, 1.165) is 59.7 Å². The Balaban J connectivity index is 1.58. The van der Waals surface area contributed by atoms with Crippen LogP contribution in [0.1, 0.15) is 44.6 Å². The molecule has 0 radical (unpaired) electrons. The highest BCUT2D eigenvalue weighted by Crippen LogP contribution is 2.31. The Bertz CT molecular complexity index is 1060. The summed E-state index contributed by atoms with van der Waals surface area (Å²) in [6.45, 7) is 6.65. The van der Waals surface area contributed by atoms with Gasteiger partial charge in [-0.2, -0.15) is 5.26 Å².